The number of anilines is 1. The minimum absolute atomic E-state index is 0.190. The lowest BCUT2D eigenvalue weighted by atomic mass is 10.2. The summed E-state index contributed by atoms with van der Waals surface area (Å²) in [4.78, 5) is 21.2. The second kappa shape index (κ2) is 5.06. The molecule has 1 aliphatic rings. The van der Waals surface area contributed by atoms with E-state index in [-0.39, 0.29) is 5.91 Å². The first kappa shape index (κ1) is 13.2. The lowest BCUT2D eigenvalue weighted by Crippen LogP contribution is -2.26. The highest BCUT2D eigenvalue weighted by Crippen LogP contribution is 2.39. The van der Waals surface area contributed by atoms with Gasteiger partial charge in [-0.2, -0.15) is 5.10 Å². The van der Waals surface area contributed by atoms with E-state index in [4.69, 9.17) is 5.73 Å². The van der Waals surface area contributed by atoms with E-state index >= 15 is 0 Å². The van der Waals surface area contributed by atoms with Crippen molar-refractivity contribution in [3.05, 3.63) is 40.8 Å². The topological polar surface area (TPSA) is 98.2 Å². The van der Waals surface area contributed by atoms with Gasteiger partial charge in [0.05, 0.1) is 18.4 Å². The van der Waals surface area contributed by atoms with Crippen LogP contribution in [0.15, 0.2) is 23.7 Å². The van der Waals surface area contributed by atoms with Gasteiger partial charge >= 0.3 is 0 Å². The third-order valence-electron chi connectivity index (χ3n) is 3.61. The van der Waals surface area contributed by atoms with E-state index in [0.29, 0.717) is 28.9 Å². The van der Waals surface area contributed by atoms with E-state index in [1.807, 2.05) is 17.5 Å². The smallest absolute Gasteiger partial charge is 0.270 e. The molecular weight excluding hydrogens is 300 g/mol. The number of nitrogen functional groups attached to an aromatic ring is 1. The Balaban J connectivity index is 1.61. The number of hydrogen-bond donors (Lipinski definition) is 2. The molecule has 0 aliphatic heterocycles. The highest BCUT2D eigenvalue weighted by molar-refractivity contribution is 7.13. The number of fused-ring (bicyclic) bond motifs is 1. The molecule has 0 bridgehead atoms. The van der Waals surface area contributed by atoms with Crippen LogP contribution in [0.2, 0.25) is 0 Å². The molecule has 3 aromatic rings. The van der Waals surface area contributed by atoms with E-state index in [0.717, 1.165) is 24.2 Å². The number of carbonyl (C=O) groups excluding carboxylic acids is 1. The Hall–Kier alpha value is -2.48. The molecule has 7 nitrogen and oxygen atoms in total. The number of amides is 1. The summed E-state index contributed by atoms with van der Waals surface area (Å²) < 4.78 is 1.57. The molecule has 1 amide bonds. The van der Waals surface area contributed by atoms with Gasteiger partial charge in [0.1, 0.15) is 5.69 Å². The van der Waals surface area contributed by atoms with E-state index in [2.05, 4.69) is 20.4 Å². The molecule has 1 saturated carbocycles. The second-order valence-corrected chi connectivity index (χ2v) is 6.19. The first-order chi connectivity index (χ1) is 10.7. The Morgan fingerprint density at radius 3 is 3.05 bits per heavy atom. The highest BCUT2D eigenvalue weighted by Gasteiger charge is 2.27. The minimum Gasteiger partial charge on any atom is -0.375 e. The number of nitrogens with one attached hydrogen (secondary N) is 1. The predicted molar refractivity (Wildman–Crippen MR) is 82.7 cm³/mol. The van der Waals surface area contributed by atoms with Crippen molar-refractivity contribution in [2.45, 2.75) is 25.3 Å². The Morgan fingerprint density at radius 1 is 1.45 bits per heavy atom. The molecule has 3 aromatic heterocycles. The molecule has 0 saturated heterocycles. The van der Waals surface area contributed by atoms with Crippen LogP contribution in [0.25, 0.3) is 5.65 Å². The molecular formula is C14H14N6OS. The molecule has 22 heavy (non-hydrogen) atoms. The van der Waals surface area contributed by atoms with Crippen molar-refractivity contribution in [1.29, 1.82) is 0 Å². The number of hydrogen-bond acceptors (Lipinski definition) is 6. The largest absolute Gasteiger partial charge is 0.375 e. The molecule has 0 atom stereocenters. The van der Waals surface area contributed by atoms with Crippen molar-refractivity contribution in [3.63, 3.8) is 0 Å². The molecule has 0 spiro atoms. The standard InChI is InChI=1S/C14H14N6OS/c15-14-18-9(7-22-14)6-16-13(21)11-5-10(8-1-2-8)19-12-3-4-17-20(11)12/h3-5,7-8H,1-2,6H2,(H2,15,18)(H,16,21). The first-order valence-electron chi connectivity index (χ1n) is 7.03. The SMILES string of the molecule is Nc1nc(CNC(=O)c2cc(C3CC3)nc3ccnn23)cs1. The van der Waals surface area contributed by atoms with Gasteiger partial charge in [0.15, 0.2) is 10.8 Å². The van der Waals surface area contributed by atoms with Crippen LogP contribution in [0.5, 0.6) is 0 Å². The molecule has 112 valence electrons. The molecule has 0 radical (unpaired) electrons. The van der Waals surface area contributed by atoms with Crippen LogP contribution < -0.4 is 11.1 Å². The molecule has 1 aliphatic carbocycles. The lowest BCUT2D eigenvalue weighted by Gasteiger charge is -2.08. The zero-order valence-electron chi connectivity index (χ0n) is 11.7. The third-order valence-corrected chi connectivity index (χ3v) is 4.33. The minimum atomic E-state index is -0.190. The van der Waals surface area contributed by atoms with Gasteiger partial charge in [-0.1, -0.05) is 0 Å². The van der Waals surface area contributed by atoms with Crippen LogP contribution in [0.3, 0.4) is 0 Å². The molecule has 3 heterocycles. The van der Waals surface area contributed by atoms with Crippen molar-refractivity contribution >= 4 is 28.0 Å². The number of carbonyl (C=O) groups is 1. The van der Waals surface area contributed by atoms with Gasteiger partial charge in [-0.05, 0) is 18.9 Å². The summed E-state index contributed by atoms with van der Waals surface area (Å²) in [6.07, 6.45) is 3.92. The Bertz CT molecular complexity index is 850. The summed E-state index contributed by atoms with van der Waals surface area (Å²) in [7, 11) is 0. The predicted octanol–water partition coefficient (Wildman–Crippen LogP) is 1.58. The zero-order valence-corrected chi connectivity index (χ0v) is 12.5. The van der Waals surface area contributed by atoms with Crippen molar-refractivity contribution in [2.75, 3.05) is 5.73 Å². The maximum atomic E-state index is 12.5. The quantitative estimate of drug-likeness (QED) is 0.762. The Labute approximate surface area is 130 Å². The summed E-state index contributed by atoms with van der Waals surface area (Å²) in [5.41, 5.74) is 8.51. The number of nitrogens with two attached hydrogens (primary N) is 1. The van der Waals surface area contributed by atoms with Crippen molar-refractivity contribution < 1.29 is 4.79 Å². The van der Waals surface area contributed by atoms with Crippen molar-refractivity contribution in [1.82, 2.24) is 24.9 Å². The van der Waals surface area contributed by atoms with Gasteiger partial charge in [0, 0.05) is 23.1 Å². The fourth-order valence-corrected chi connectivity index (χ4v) is 2.91. The van der Waals surface area contributed by atoms with E-state index < -0.39 is 0 Å². The zero-order chi connectivity index (χ0) is 15.1. The number of nitrogens with zero attached hydrogens (tertiary/aromatic N) is 4. The van der Waals surface area contributed by atoms with Gasteiger partial charge in [-0.25, -0.2) is 14.5 Å². The Kier molecular flexibility index (Phi) is 3.04. The summed E-state index contributed by atoms with van der Waals surface area (Å²) in [6, 6.07) is 3.65. The van der Waals surface area contributed by atoms with Gasteiger partial charge in [-0.15, -0.1) is 11.3 Å². The van der Waals surface area contributed by atoms with Gasteiger partial charge in [0.2, 0.25) is 0 Å². The van der Waals surface area contributed by atoms with Crippen LogP contribution in [0.4, 0.5) is 5.13 Å². The lowest BCUT2D eigenvalue weighted by molar-refractivity contribution is 0.0942. The summed E-state index contributed by atoms with van der Waals surface area (Å²) >= 11 is 1.36. The van der Waals surface area contributed by atoms with Crippen LogP contribution in [0.1, 0.15) is 40.6 Å². The van der Waals surface area contributed by atoms with Crippen molar-refractivity contribution in [3.8, 4) is 0 Å². The summed E-state index contributed by atoms with van der Waals surface area (Å²) in [5, 5.41) is 9.37. The highest BCUT2D eigenvalue weighted by atomic mass is 32.1. The summed E-state index contributed by atoms with van der Waals surface area (Å²) in [5.74, 6) is 0.286. The average molecular weight is 314 g/mol. The molecule has 4 rings (SSSR count). The number of aromatic nitrogens is 4. The maximum Gasteiger partial charge on any atom is 0.270 e. The van der Waals surface area contributed by atoms with Crippen molar-refractivity contribution in [2.24, 2.45) is 0 Å². The van der Waals surface area contributed by atoms with Crippen LogP contribution in [-0.2, 0) is 6.54 Å². The second-order valence-electron chi connectivity index (χ2n) is 5.30. The van der Waals surface area contributed by atoms with E-state index in [9.17, 15) is 4.79 Å². The van der Waals surface area contributed by atoms with Crippen LogP contribution in [0, 0.1) is 0 Å². The monoisotopic (exact) mass is 314 g/mol. The number of thiazole rings is 1. The fraction of sp³-hybridized carbons (Fsp3) is 0.286. The average Bonchev–Trinajstić information content (AvgIpc) is 3.11. The van der Waals surface area contributed by atoms with Crippen LogP contribution in [-0.4, -0.2) is 25.5 Å². The van der Waals surface area contributed by atoms with Gasteiger partial charge < -0.3 is 11.1 Å². The third kappa shape index (κ3) is 2.41. The van der Waals surface area contributed by atoms with Gasteiger partial charge in [0.25, 0.3) is 5.91 Å². The van der Waals surface area contributed by atoms with Gasteiger partial charge in [-0.3, -0.25) is 4.79 Å². The Morgan fingerprint density at radius 2 is 2.32 bits per heavy atom. The normalized spacial score (nSPS) is 14.4. The molecule has 0 unspecified atom stereocenters. The molecule has 8 heteroatoms. The van der Waals surface area contributed by atoms with E-state index in [1.54, 1.807) is 10.7 Å². The van der Waals surface area contributed by atoms with Crippen LogP contribution >= 0.6 is 11.3 Å². The maximum absolute atomic E-state index is 12.5. The number of rotatable bonds is 4. The first-order valence-corrected chi connectivity index (χ1v) is 7.91. The molecule has 1 fully saturated rings. The molecule has 0 aromatic carbocycles. The van der Waals surface area contributed by atoms with E-state index in [1.165, 1.54) is 11.3 Å². The fourth-order valence-electron chi connectivity index (χ4n) is 2.35. The summed E-state index contributed by atoms with van der Waals surface area (Å²) in [6.45, 7) is 0.344. The molecule has 3 N–H and O–H groups in total.